The number of benzene rings is 1. The Morgan fingerprint density at radius 3 is 2.50 bits per heavy atom. The molecule has 0 amide bonds. The Labute approximate surface area is 92.5 Å². The van der Waals surface area contributed by atoms with E-state index in [-0.39, 0.29) is 12.4 Å². The van der Waals surface area contributed by atoms with Crippen LogP contribution in [0.25, 0.3) is 5.69 Å². The van der Waals surface area contributed by atoms with Gasteiger partial charge in [0.25, 0.3) is 0 Å². The summed E-state index contributed by atoms with van der Waals surface area (Å²) in [5.74, 6) is -0.259. The predicted octanol–water partition coefficient (Wildman–Crippen LogP) is 0.901. The maximum absolute atomic E-state index is 11.6. The van der Waals surface area contributed by atoms with E-state index in [2.05, 4.69) is 5.10 Å². The molecule has 1 aromatic carbocycles. The molecule has 0 bridgehead atoms. The van der Waals surface area contributed by atoms with E-state index in [1.807, 2.05) is 32.0 Å². The Bertz CT molecular complexity index is 549. The van der Waals surface area contributed by atoms with Crippen LogP contribution in [0.5, 0.6) is 0 Å². The van der Waals surface area contributed by atoms with Crippen LogP contribution in [0.15, 0.2) is 27.4 Å². The highest BCUT2D eigenvalue weighted by molar-refractivity contribution is 5.45. The molecule has 0 fully saturated rings. The largest absolute Gasteiger partial charge is 0.442 e. The van der Waals surface area contributed by atoms with Crippen LogP contribution in [-0.2, 0) is 6.54 Å². The third-order valence-corrected chi connectivity index (χ3v) is 2.42. The van der Waals surface area contributed by atoms with E-state index in [9.17, 15) is 4.79 Å². The van der Waals surface area contributed by atoms with Gasteiger partial charge in [0.1, 0.15) is 0 Å². The summed E-state index contributed by atoms with van der Waals surface area (Å²) in [5, 5.41) is 4.03. The standard InChI is InChI=1S/C11H13N3O2/c1-7-4-3-5-8(2)10(7)14-11(15)16-9(6-12)13-14/h3-5H,6,12H2,1-2H3. The van der Waals surface area contributed by atoms with Gasteiger partial charge in [0.05, 0.1) is 12.2 Å². The number of hydrogen-bond donors (Lipinski definition) is 1. The van der Waals surface area contributed by atoms with Gasteiger partial charge in [-0.05, 0) is 25.0 Å². The van der Waals surface area contributed by atoms with Crippen molar-refractivity contribution in [3.8, 4) is 5.69 Å². The Balaban J connectivity index is 2.67. The second-order valence-corrected chi connectivity index (χ2v) is 3.62. The third-order valence-electron chi connectivity index (χ3n) is 2.42. The van der Waals surface area contributed by atoms with Crippen molar-refractivity contribution in [1.29, 1.82) is 0 Å². The van der Waals surface area contributed by atoms with Gasteiger partial charge < -0.3 is 10.2 Å². The SMILES string of the molecule is Cc1cccc(C)c1-n1nc(CN)oc1=O. The molecule has 16 heavy (non-hydrogen) atoms. The van der Waals surface area contributed by atoms with Crippen molar-refractivity contribution in [2.24, 2.45) is 5.73 Å². The first-order valence-corrected chi connectivity index (χ1v) is 4.99. The second kappa shape index (κ2) is 3.94. The van der Waals surface area contributed by atoms with Crippen molar-refractivity contribution in [2.75, 3.05) is 0 Å². The van der Waals surface area contributed by atoms with Gasteiger partial charge in [0.2, 0.25) is 5.89 Å². The number of hydrogen-bond acceptors (Lipinski definition) is 4. The third kappa shape index (κ3) is 1.65. The Morgan fingerprint density at radius 1 is 1.38 bits per heavy atom. The lowest BCUT2D eigenvalue weighted by atomic mass is 10.1. The Kier molecular flexibility index (Phi) is 2.62. The zero-order chi connectivity index (χ0) is 11.7. The smallest absolute Gasteiger partial charge is 0.391 e. The minimum Gasteiger partial charge on any atom is -0.391 e. The van der Waals surface area contributed by atoms with Gasteiger partial charge in [-0.3, -0.25) is 0 Å². The fraction of sp³-hybridized carbons (Fsp3) is 0.273. The molecule has 2 N–H and O–H groups in total. The van der Waals surface area contributed by atoms with Gasteiger partial charge in [-0.25, -0.2) is 4.79 Å². The maximum Gasteiger partial charge on any atom is 0.442 e. The van der Waals surface area contributed by atoms with E-state index in [0.717, 1.165) is 16.8 Å². The van der Waals surface area contributed by atoms with Gasteiger partial charge in [0, 0.05) is 0 Å². The monoisotopic (exact) mass is 219 g/mol. The molecule has 5 nitrogen and oxygen atoms in total. The molecule has 0 radical (unpaired) electrons. The fourth-order valence-corrected chi connectivity index (χ4v) is 1.68. The summed E-state index contributed by atoms with van der Waals surface area (Å²) < 4.78 is 6.16. The summed E-state index contributed by atoms with van der Waals surface area (Å²) in [7, 11) is 0. The molecule has 2 aromatic rings. The highest BCUT2D eigenvalue weighted by Crippen LogP contribution is 2.16. The number of nitrogens with zero attached hydrogens (tertiary/aromatic N) is 2. The molecular formula is C11H13N3O2. The summed E-state index contributed by atoms with van der Waals surface area (Å²) in [6, 6.07) is 5.78. The Morgan fingerprint density at radius 2 is 2.00 bits per heavy atom. The van der Waals surface area contributed by atoms with Gasteiger partial charge in [-0.15, -0.1) is 5.10 Å². The van der Waals surface area contributed by atoms with Gasteiger partial charge in [-0.1, -0.05) is 18.2 Å². The van der Waals surface area contributed by atoms with E-state index in [1.54, 1.807) is 0 Å². The zero-order valence-electron chi connectivity index (χ0n) is 9.23. The number of rotatable bonds is 2. The first kappa shape index (κ1) is 10.6. The molecular weight excluding hydrogens is 206 g/mol. The lowest BCUT2D eigenvalue weighted by Gasteiger charge is -2.06. The van der Waals surface area contributed by atoms with Crippen LogP contribution in [0.2, 0.25) is 0 Å². The van der Waals surface area contributed by atoms with Crippen molar-refractivity contribution in [1.82, 2.24) is 9.78 Å². The van der Waals surface area contributed by atoms with E-state index in [4.69, 9.17) is 10.2 Å². The molecule has 5 heteroatoms. The van der Waals surface area contributed by atoms with E-state index < -0.39 is 5.76 Å². The number of para-hydroxylation sites is 1. The highest BCUT2D eigenvalue weighted by Gasteiger charge is 2.12. The molecule has 0 saturated heterocycles. The summed E-state index contributed by atoms with van der Waals surface area (Å²) in [5.41, 5.74) is 8.08. The van der Waals surface area contributed by atoms with Crippen molar-refractivity contribution >= 4 is 0 Å². The molecule has 0 unspecified atom stereocenters. The van der Waals surface area contributed by atoms with Crippen molar-refractivity contribution in [2.45, 2.75) is 20.4 Å². The molecule has 0 saturated carbocycles. The van der Waals surface area contributed by atoms with Crippen LogP contribution in [0.4, 0.5) is 0 Å². The van der Waals surface area contributed by atoms with Crippen LogP contribution in [0, 0.1) is 13.8 Å². The summed E-state index contributed by atoms with van der Waals surface area (Å²) in [6.45, 7) is 3.96. The molecule has 1 aromatic heterocycles. The summed E-state index contributed by atoms with van der Waals surface area (Å²) in [6.07, 6.45) is 0. The average Bonchev–Trinajstić information content (AvgIpc) is 2.60. The van der Waals surface area contributed by atoms with Gasteiger partial charge in [0.15, 0.2) is 0 Å². The Hall–Kier alpha value is -1.88. The van der Waals surface area contributed by atoms with E-state index >= 15 is 0 Å². The molecule has 0 aliphatic heterocycles. The summed E-state index contributed by atoms with van der Waals surface area (Å²) in [4.78, 5) is 11.6. The molecule has 84 valence electrons. The zero-order valence-corrected chi connectivity index (χ0v) is 9.23. The number of aryl methyl sites for hydroxylation is 2. The van der Waals surface area contributed by atoms with Gasteiger partial charge >= 0.3 is 5.76 Å². The second-order valence-electron chi connectivity index (χ2n) is 3.62. The van der Waals surface area contributed by atoms with E-state index in [1.165, 1.54) is 4.68 Å². The number of aromatic nitrogens is 2. The van der Waals surface area contributed by atoms with Crippen LogP contribution >= 0.6 is 0 Å². The lowest BCUT2D eigenvalue weighted by Crippen LogP contribution is -2.15. The van der Waals surface area contributed by atoms with Crippen LogP contribution in [0.3, 0.4) is 0 Å². The average molecular weight is 219 g/mol. The minimum atomic E-state index is -0.502. The maximum atomic E-state index is 11.6. The first-order chi connectivity index (χ1) is 7.63. The lowest BCUT2D eigenvalue weighted by molar-refractivity contribution is 0.460. The van der Waals surface area contributed by atoms with E-state index in [0.29, 0.717) is 0 Å². The van der Waals surface area contributed by atoms with Crippen molar-refractivity contribution in [3.05, 3.63) is 45.8 Å². The molecule has 2 rings (SSSR count). The topological polar surface area (TPSA) is 74.1 Å². The summed E-state index contributed by atoms with van der Waals surface area (Å²) >= 11 is 0. The molecule has 0 atom stereocenters. The predicted molar refractivity (Wildman–Crippen MR) is 59.5 cm³/mol. The highest BCUT2D eigenvalue weighted by atomic mass is 16.4. The fourth-order valence-electron chi connectivity index (χ4n) is 1.68. The molecule has 0 aliphatic carbocycles. The van der Waals surface area contributed by atoms with Crippen molar-refractivity contribution in [3.63, 3.8) is 0 Å². The van der Waals surface area contributed by atoms with Crippen molar-refractivity contribution < 1.29 is 4.42 Å². The first-order valence-electron chi connectivity index (χ1n) is 4.99. The van der Waals surface area contributed by atoms with Gasteiger partial charge in [-0.2, -0.15) is 4.68 Å². The minimum absolute atomic E-state index is 0.118. The van der Waals surface area contributed by atoms with Crippen LogP contribution in [0.1, 0.15) is 17.0 Å². The van der Waals surface area contributed by atoms with Crippen LogP contribution < -0.4 is 11.5 Å². The molecule has 1 heterocycles. The normalized spacial score (nSPS) is 10.7. The number of nitrogens with two attached hydrogens (primary N) is 1. The molecule has 0 aliphatic rings. The quantitative estimate of drug-likeness (QED) is 0.814. The van der Waals surface area contributed by atoms with Crippen LogP contribution in [-0.4, -0.2) is 9.78 Å². The molecule has 0 spiro atoms.